The van der Waals surface area contributed by atoms with Gasteiger partial charge >= 0.3 is 0 Å². The number of aliphatic hydroxyl groups is 1. The Morgan fingerprint density at radius 3 is 1.95 bits per heavy atom. The Morgan fingerprint density at radius 2 is 1.55 bits per heavy atom. The maximum Gasteiger partial charge on any atom is 0.162 e. The van der Waals surface area contributed by atoms with Gasteiger partial charge in [0, 0.05) is 24.8 Å². The fourth-order valence-corrected chi connectivity index (χ4v) is 2.86. The highest BCUT2D eigenvalue weighted by Crippen LogP contribution is 2.35. The molecule has 0 saturated heterocycles. The van der Waals surface area contributed by atoms with Crippen LogP contribution < -0.4 is 0 Å². The van der Waals surface area contributed by atoms with Gasteiger partial charge in [-0.15, -0.1) is 0 Å². The lowest BCUT2D eigenvalue weighted by Gasteiger charge is -2.28. The third-order valence-electron chi connectivity index (χ3n) is 4.21. The Labute approximate surface area is 122 Å². The molecule has 0 spiro atoms. The largest absolute Gasteiger partial charge is 0.515 e. The first-order valence-corrected chi connectivity index (χ1v) is 7.53. The summed E-state index contributed by atoms with van der Waals surface area (Å²) in [6.45, 7) is 8.51. The fraction of sp³-hybridized carbons (Fsp3) is 0.765. The molecular formula is C17H28O3. The maximum absolute atomic E-state index is 11.2. The second-order valence-electron chi connectivity index (χ2n) is 7.65. The van der Waals surface area contributed by atoms with E-state index in [9.17, 15) is 9.59 Å². The van der Waals surface area contributed by atoms with Gasteiger partial charge in [-0.25, -0.2) is 0 Å². The molecule has 0 aromatic heterocycles. The molecule has 2 aliphatic rings. The van der Waals surface area contributed by atoms with E-state index in [2.05, 4.69) is 27.7 Å². The molecule has 0 heterocycles. The molecule has 2 aliphatic carbocycles. The van der Waals surface area contributed by atoms with Crippen LogP contribution in [0.2, 0.25) is 0 Å². The van der Waals surface area contributed by atoms with Gasteiger partial charge in [-0.2, -0.15) is 0 Å². The molecule has 0 unspecified atom stereocenters. The lowest BCUT2D eigenvalue weighted by molar-refractivity contribution is -0.123. The quantitative estimate of drug-likeness (QED) is 0.529. The Balaban J connectivity index is 0.000000204. The first-order valence-electron chi connectivity index (χ1n) is 7.53. The first kappa shape index (κ1) is 16.9. The fourth-order valence-electron chi connectivity index (χ4n) is 2.86. The van der Waals surface area contributed by atoms with E-state index in [0.29, 0.717) is 23.2 Å². The van der Waals surface area contributed by atoms with Crippen LogP contribution in [0, 0.1) is 10.8 Å². The Hall–Kier alpha value is -1.12. The van der Waals surface area contributed by atoms with Crippen LogP contribution in [0.25, 0.3) is 0 Å². The summed E-state index contributed by atoms with van der Waals surface area (Å²) < 4.78 is 0. The van der Waals surface area contributed by atoms with Crippen molar-refractivity contribution in [2.24, 2.45) is 10.8 Å². The monoisotopic (exact) mass is 280 g/mol. The van der Waals surface area contributed by atoms with Crippen LogP contribution in [0.1, 0.15) is 72.6 Å². The van der Waals surface area contributed by atoms with Gasteiger partial charge in [-0.1, -0.05) is 27.7 Å². The van der Waals surface area contributed by atoms with Crippen molar-refractivity contribution in [2.45, 2.75) is 72.6 Å². The van der Waals surface area contributed by atoms with Crippen molar-refractivity contribution in [1.82, 2.24) is 0 Å². The average molecular weight is 280 g/mol. The van der Waals surface area contributed by atoms with E-state index >= 15 is 0 Å². The van der Waals surface area contributed by atoms with Gasteiger partial charge < -0.3 is 5.11 Å². The number of Topliss-reactive ketones (excluding diaryl/α,β-unsaturated/α-hetero) is 2. The zero-order valence-electron chi connectivity index (χ0n) is 13.3. The number of carbonyl (C=O) groups is 2. The van der Waals surface area contributed by atoms with Gasteiger partial charge in [-0.3, -0.25) is 9.59 Å². The third-order valence-corrected chi connectivity index (χ3v) is 4.21. The van der Waals surface area contributed by atoms with Gasteiger partial charge in [0.1, 0.15) is 5.78 Å². The second-order valence-corrected chi connectivity index (χ2v) is 7.65. The SMILES string of the molecule is CC1(C)CC/C(=C/O)C(=O)C1.CC1(C)CCCC(=O)C1. The molecule has 0 aromatic rings. The average Bonchev–Trinajstić information content (AvgIpc) is 2.26. The molecule has 20 heavy (non-hydrogen) atoms. The Morgan fingerprint density at radius 1 is 0.950 bits per heavy atom. The van der Waals surface area contributed by atoms with Crippen molar-refractivity contribution in [1.29, 1.82) is 0 Å². The van der Waals surface area contributed by atoms with Crippen LogP contribution in [0.5, 0.6) is 0 Å². The number of hydrogen-bond donors (Lipinski definition) is 1. The van der Waals surface area contributed by atoms with Crippen LogP contribution in [0.4, 0.5) is 0 Å². The molecule has 3 nitrogen and oxygen atoms in total. The normalized spacial score (nSPS) is 26.9. The molecule has 0 aliphatic heterocycles. The first-order chi connectivity index (χ1) is 9.15. The zero-order chi connectivity index (χ0) is 15.4. The van der Waals surface area contributed by atoms with Gasteiger partial charge in [0.05, 0.1) is 6.26 Å². The number of carbonyl (C=O) groups excluding carboxylic acids is 2. The molecule has 0 amide bonds. The standard InChI is InChI=1S/C9H14O2.C8H14O/c1-9(2)4-3-7(6-10)8(11)5-9;1-8(2)5-3-4-7(9)6-8/h6,10H,3-5H2,1-2H3;3-6H2,1-2H3/b7-6-;. The highest BCUT2D eigenvalue weighted by Gasteiger charge is 2.29. The third kappa shape index (κ3) is 5.48. The predicted molar refractivity (Wildman–Crippen MR) is 80.6 cm³/mol. The van der Waals surface area contributed by atoms with Crippen molar-refractivity contribution in [3.8, 4) is 0 Å². The lowest BCUT2D eigenvalue weighted by Crippen LogP contribution is -2.24. The summed E-state index contributed by atoms with van der Waals surface area (Å²) in [5.74, 6) is 0.551. The smallest absolute Gasteiger partial charge is 0.162 e. The van der Waals surface area contributed by atoms with Crippen molar-refractivity contribution >= 4 is 11.6 Å². The number of allylic oxidation sites excluding steroid dienone is 1. The Bertz CT molecular complexity index is 402. The van der Waals surface area contributed by atoms with Crippen molar-refractivity contribution < 1.29 is 14.7 Å². The minimum absolute atomic E-state index is 0.101. The van der Waals surface area contributed by atoms with Gasteiger partial charge in [0.15, 0.2) is 5.78 Å². The van der Waals surface area contributed by atoms with E-state index in [0.717, 1.165) is 38.4 Å². The Kier molecular flexibility index (Phi) is 5.55. The van der Waals surface area contributed by atoms with Crippen molar-refractivity contribution in [3.63, 3.8) is 0 Å². The topological polar surface area (TPSA) is 54.4 Å². The number of hydrogen-bond acceptors (Lipinski definition) is 3. The van der Waals surface area contributed by atoms with Crippen LogP contribution >= 0.6 is 0 Å². The van der Waals surface area contributed by atoms with E-state index in [1.165, 1.54) is 6.42 Å². The summed E-state index contributed by atoms with van der Waals surface area (Å²) in [6.07, 6.45) is 7.19. The molecule has 114 valence electrons. The van der Waals surface area contributed by atoms with Gasteiger partial charge in [0.2, 0.25) is 0 Å². The molecule has 2 saturated carbocycles. The summed E-state index contributed by atoms with van der Waals surface area (Å²) in [5, 5.41) is 8.65. The van der Waals surface area contributed by atoms with Gasteiger partial charge in [-0.05, 0) is 36.5 Å². The van der Waals surface area contributed by atoms with E-state index in [1.54, 1.807) is 0 Å². The summed E-state index contributed by atoms with van der Waals surface area (Å²) in [4.78, 5) is 22.1. The van der Waals surface area contributed by atoms with E-state index < -0.39 is 0 Å². The van der Waals surface area contributed by atoms with Crippen LogP contribution in [0.15, 0.2) is 11.8 Å². The highest BCUT2D eigenvalue weighted by atomic mass is 16.2. The minimum atomic E-state index is 0.101. The molecule has 1 N–H and O–H groups in total. The molecule has 3 heteroatoms. The summed E-state index contributed by atoms with van der Waals surface area (Å²) in [6, 6.07) is 0. The molecule has 2 fully saturated rings. The minimum Gasteiger partial charge on any atom is -0.515 e. The number of rotatable bonds is 0. The predicted octanol–water partition coefficient (Wildman–Crippen LogP) is 4.36. The van der Waals surface area contributed by atoms with Crippen LogP contribution in [-0.4, -0.2) is 16.7 Å². The summed E-state index contributed by atoms with van der Waals surface area (Å²) in [5.41, 5.74) is 1.02. The maximum atomic E-state index is 11.2. The zero-order valence-corrected chi connectivity index (χ0v) is 13.3. The second kappa shape index (κ2) is 6.55. The molecule has 0 radical (unpaired) electrons. The van der Waals surface area contributed by atoms with Crippen LogP contribution in [0.3, 0.4) is 0 Å². The summed E-state index contributed by atoms with van der Waals surface area (Å²) >= 11 is 0. The number of ketones is 2. The molecule has 0 atom stereocenters. The summed E-state index contributed by atoms with van der Waals surface area (Å²) in [7, 11) is 0. The van der Waals surface area contributed by atoms with Crippen LogP contribution in [-0.2, 0) is 9.59 Å². The van der Waals surface area contributed by atoms with Crippen molar-refractivity contribution in [3.05, 3.63) is 11.8 Å². The highest BCUT2D eigenvalue weighted by molar-refractivity contribution is 5.96. The van der Waals surface area contributed by atoms with E-state index in [1.807, 2.05) is 0 Å². The molecule has 0 aromatic carbocycles. The van der Waals surface area contributed by atoms with Crippen molar-refractivity contribution in [2.75, 3.05) is 0 Å². The van der Waals surface area contributed by atoms with E-state index in [-0.39, 0.29) is 11.2 Å². The van der Waals surface area contributed by atoms with E-state index in [4.69, 9.17) is 5.11 Å². The molecule has 2 rings (SSSR count). The molecular weight excluding hydrogens is 252 g/mol. The van der Waals surface area contributed by atoms with Gasteiger partial charge in [0.25, 0.3) is 0 Å². The lowest BCUT2D eigenvalue weighted by atomic mass is 9.75. The molecule has 0 bridgehead atoms. The number of aliphatic hydroxyl groups excluding tert-OH is 1.